The molecule has 0 fully saturated rings. The number of rotatable bonds is 11. The van der Waals surface area contributed by atoms with Gasteiger partial charge in [-0.25, -0.2) is 8.78 Å². The van der Waals surface area contributed by atoms with Crippen molar-refractivity contribution in [1.82, 2.24) is 14.9 Å². The number of ether oxygens (including phenoxy) is 3. The quantitative estimate of drug-likeness (QED) is 0.288. The molecule has 170 valence electrons. The van der Waals surface area contributed by atoms with Crippen LogP contribution in [0.2, 0.25) is 0 Å². The summed E-state index contributed by atoms with van der Waals surface area (Å²) in [6.07, 6.45) is 0.431. The van der Waals surface area contributed by atoms with Crippen molar-refractivity contribution in [3.63, 3.8) is 0 Å². The van der Waals surface area contributed by atoms with Crippen LogP contribution in [0.25, 0.3) is 0 Å². The highest BCUT2D eigenvalue weighted by molar-refractivity contribution is 7.98. The highest BCUT2D eigenvalue weighted by Crippen LogP contribution is 2.29. The van der Waals surface area contributed by atoms with Gasteiger partial charge in [-0.3, -0.25) is 0 Å². The van der Waals surface area contributed by atoms with Crippen LogP contribution in [-0.4, -0.2) is 40.6 Å². The van der Waals surface area contributed by atoms with Crippen LogP contribution >= 0.6 is 11.8 Å². The van der Waals surface area contributed by atoms with Crippen molar-refractivity contribution < 1.29 is 23.0 Å². The fraction of sp³-hybridized carbons (Fsp3) is 0.318. The first kappa shape index (κ1) is 23.5. The number of benzene rings is 2. The molecule has 0 saturated carbocycles. The molecule has 10 heteroatoms. The highest BCUT2D eigenvalue weighted by atomic mass is 32.2. The van der Waals surface area contributed by atoms with Crippen molar-refractivity contribution in [3.8, 4) is 17.2 Å². The van der Waals surface area contributed by atoms with Crippen molar-refractivity contribution in [2.24, 2.45) is 5.10 Å². The van der Waals surface area contributed by atoms with Crippen LogP contribution in [0.15, 0.2) is 52.7 Å². The second-order valence-corrected chi connectivity index (χ2v) is 7.18. The van der Waals surface area contributed by atoms with E-state index in [0.29, 0.717) is 42.2 Å². The molecule has 2 aromatic carbocycles. The van der Waals surface area contributed by atoms with Gasteiger partial charge in [-0.1, -0.05) is 17.8 Å². The number of hydrogen-bond acceptors (Lipinski definition) is 7. The van der Waals surface area contributed by atoms with E-state index in [-0.39, 0.29) is 0 Å². The fourth-order valence-electron chi connectivity index (χ4n) is 2.78. The van der Waals surface area contributed by atoms with Gasteiger partial charge in [0.15, 0.2) is 11.5 Å². The maximum Gasteiger partial charge on any atom is 0.299 e. The van der Waals surface area contributed by atoms with E-state index in [1.165, 1.54) is 18.0 Å². The predicted molar refractivity (Wildman–Crippen MR) is 119 cm³/mol. The van der Waals surface area contributed by atoms with E-state index in [2.05, 4.69) is 15.3 Å². The topological polar surface area (TPSA) is 70.8 Å². The molecule has 0 N–H and O–H groups in total. The van der Waals surface area contributed by atoms with Gasteiger partial charge in [-0.2, -0.15) is 9.78 Å². The standard InChI is InChI=1S/C22H24F2N4O3S/c1-4-29-18-11-8-16(12-19(18)30-5-2)14-31-17-9-6-15(7-10-17)13-25-28-21(20(23)24)26-27-22(28)32-3/h6-13,20H,4-5,14H2,1-3H3/b25-13-. The summed E-state index contributed by atoms with van der Waals surface area (Å²) in [4.78, 5) is 0. The minimum Gasteiger partial charge on any atom is -0.490 e. The molecular formula is C22H24F2N4O3S. The van der Waals surface area contributed by atoms with Gasteiger partial charge in [0.1, 0.15) is 12.4 Å². The molecule has 1 heterocycles. The zero-order chi connectivity index (χ0) is 22.9. The summed E-state index contributed by atoms with van der Waals surface area (Å²) in [5.41, 5.74) is 1.66. The lowest BCUT2D eigenvalue weighted by Gasteiger charge is -2.13. The van der Waals surface area contributed by atoms with E-state index in [0.717, 1.165) is 15.8 Å². The van der Waals surface area contributed by atoms with E-state index >= 15 is 0 Å². The molecule has 0 aliphatic heterocycles. The molecule has 0 saturated heterocycles. The van der Waals surface area contributed by atoms with Crippen LogP contribution in [-0.2, 0) is 6.61 Å². The lowest BCUT2D eigenvalue weighted by atomic mass is 10.2. The monoisotopic (exact) mass is 462 g/mol. The average molecular weight is 463 g/mol. The van der Waals surface area contributed by atoms with Crippen molar-refractivity contribution in [2.75, 3.05) is 19.5 Å². The third-order valence-corrected chi connectivity index (χ3v) is 4.85. The van der Waals surface area contributed by atoms with Crippen molar-refractivity contribution >= 4 is 18.0 Å². The number of aromatic nitrogens is 3. The van der Waals surface area contributed by atoms with E-state index in [1.807, 2.05) is 32.0 Å². The van der Waals surface area contributed by atoms with Gasteiger partial charge in [0.2, 0.25) is 11.0 Å². The molecule has 0 atom stereocenters. The molecule has 0 aliphatic rings. The molecule has 1 aromatic heterocycles. The molecule has 3 rings (SSSR count). The first-order valence-electron chi connectivity index (χ1n) is 9.98. The molecule has 0 unspecified atom stereocenters. The van der Waals surface area contributed by atoms with E-state index in [1.54, 1.807) is 30.5 Å². The van der Waals surface area contributed by atoms with Gasteiger partial charge in [0.25, 0.3) is 6.43 Å². The Morgan fingerprint density at radius 2 is 1.72 bits per heavy atom. The molecule has 3 aromatic rings. The Morgan fingerprint density at radius 3 is 2.38 bits per heavy atom. The van der Waals surface area contributed by atoms with E-state index in [9.17, 15) is 8.78 Å². The molecule has 0 bridgehead atoms. The third-order valence-electron chi connectivity index (χ3n) is 4.23. The molecule has 0 amide bonds. The Labute approximate surface area is 189 Å². The van der Waals surface area contributed by atoms with Crippen LogP contribution in [0.4, 0.5) is 8.78 Å². The molecule has 0 spiro atoms. The largest absolute Gasteiger partial charge is 0.490 e. The maximum atomic E-state index is 13.1. The fourth-order valence-corrected chi connectivity index (χ4v) is 3.21. The van der Waals surface area contributed by atoms with Gasteiger partial charge < -0.3 is 14.2 Å². The van der Waals surface area contributed by atoms with Crippen LogP contribution in [0.1, 0.15) is 37.2 Å². The minimum atomic E-state index is -2.76. The number of hydrogen-bond donors (Lipinski definition) is 0. The number of thioether (sulfide) groups is 1. The summed E-state index contributed by atoms with van der Waals surface area (Å²) in [5.74, 6) is 1.56. The summed E-state index contributed by atoms with van der Waals surface area (Å²) in [6, 6.07) is 12.8. The molecule has 0 aliphatic carbocycles. The maximum absolute atomic E-state index is 13.1. The lowest BCUT2D eigenvalue weighted by molar-refractivity contribution is 0.135. The Kier molecular flexibility index (Phi) is 8.43. The van der Waals surface area contributed by atoms with Crippen molar-refractivity contribution in [2.45, 2.75) is 32.0 Å². The Hall–Kier alpha value is -3.14. The summed E-state index contributed by atoms with van der Waals surface area (Å²) in [6.45, 7) is 5.30. The van der Waals surface area contributed by atoms with Gasteiger partial charge in [0, 0.05) is 0 Å². The van der Waals surface area contributed by atoms with Gasteiger partial charge in [0.05, 0.1) is 19.4 Å². The van der Waals surface area contributed by atoms with E-state index < -0.39 is 12.2 Å². The summed E-state index contributed by atoms with van der Waals surface area (Å²) in [7, 11) is 0. The summed E-state index contributed by atoms with van der Waals surface area (Å²) >= 11 is 1.19. The average Bonchev–Trinajstić information content (AvgIpc) is 3.22. The number of halogens is 2. The first-order chi connectivity index (χ1) is 15.5. The third kappa shape index (κ3) is 5.97. The minimum absolute atomic E-state index is 0.290. The first-order valence-corrected chi connectivity index (χ1v) is 11.2. The Balaban J connectivity index is 1.65. The SMILES string of the molecule is CCOc1ccc(COc2ccc(/C=N\n3c(SC)nnc3C(F)F)cc2)cc1OCC. The second kappa shape index (κ2) is 11.5. The van der Waals surface area contributed by atoms with Gasteiger partial charge in [-0.05, 0) is 67.6 Å². The van der Waals surface area contributed by atoms with Crippen LogP contribution in [0.3, 0.4) is 0 Å². The van der Waals surface area contributed by atoms with E-state index in [4.69, 9.17) is 14.2 Å². The number of alkyl halides is 2. The van der Waals surface area contributed by atoms with Crippen molar-refractivity contribution in [1.29, 1.82) is 0 Å². The molecular weight excluding hydrogens is 438 g/mol. The second-order valence-electron chi connectivity index (χ2n) is 6.41. The predicted octanol–water partition coefficient (Wildman–Crippen LogP) is 5.20. The molecule has 7 nitrogen and oxygen atoms in total. The highest BCUT2D eigenvalue weighted by Gasteiger charge is 2.19. The zero-order valence-corrected chi connectivity index (χ0v) is 18.8. The molecule has 0 radical (unpaired) electrons. The summed E-state index contributed by atoms with van der Waals surface area (Å²) < 4.78 is 44.2. The van der Waals surface area contributed by atoms with Crippen LogP contribution < -0.4 is 14.2 Å². The Morgan fingerprint density at radius 1 is 1.00 bits per heavy atom. The van der Waals surface area contributed by atoms with Gasteiger partial charge in [-0.15, -0.1) is 10.2 Å². The normalized spacial score (nSPS) is 11.3. The molecule has 32 heavy (non-hydrogen) atoms. The van der Waals surface area contributed by atoms with Crippen LogP contribution in [0.5, 0.6) is 17.2 Å². The van der Waals surface area contributed by atoms with Crippen LogP contribution in [0, 0.1) is 0 Å². The van der Waals surface area contributed by atoms with Gasteiger partial charge >= 0.3 is 0 Å². The Bertz CT molecular complexity index is 1040. The van der Waals surface area contributed by atoms with Crippen molar-refractivity contribution in [3.05, 3.63) is 59.4 Å². The lowest BCUT2D eigenvalue weighted by Crippen LogP contribution is -2.01. The summed E-state index contributed by atoms with van der Waals surface area (Å²) in [5, 5.41) is 11.6. The smallest absolute Gasteiger partial charge is 0.299 e. The zero-order valence-electron chi connectivity index (χ0n) is 18.0. The number of nitrogens with zero attached hydrogens (tertiary/aromatic N) is 4.